The van der Waals surface area contributed by atoms with Gasteiger partial charge in [0.1, 0.15) is 6.54 Å². The SMILES string of the molecule is CC(C)CC1(CNC(=O)Cn2cc(C(=O)O)nn2)CC1. The van der Waals surface area contributed by atoms with Crippen molar-refractivity contribution in [2.24, 2.45) is 11.3 Å². The van der Waals surface area contributed by atoms with Crippen molar-refractivity contribution < 1.29 is 14.7 Å². The normalized spacial score (nSPS) is 16.1. The number of amides is 1. The summed E-state index contributed by atoms with van der Waals surface area (Å²) in [7, 11) is 0. The fourth-order valence-corrected chi connectivity index (χ4v) is 2.46. The number of nitrogens with one attached hydrogen (secondary N) is 1. The zero-order valence-corrected chi connectivity index (χ0v) is 11.8. The van der Waals surface area contributed by atoms with Crippen molar-refractivity contribution in [3.8, 4) is 0 Å². The van der Waals surface area contributed by atoms with Crippen LogP contribution < -0.4 is 5.32 Å². The van der Waals surface area contributed by atoms with E-state index in [1.54, 1.807) is 0 Å². The summed E-state index contributed by atoms with van der Waals surface area (Å²) in [6, 6.07) is 0. The van der Waals surface area contributed by atoms with Crippen molar-refractivity contribution in [3.63, 3.8) is 0 Å². The van der Waals surface area contributed by atoms with Crippen LogP contribution in [0.4, 0.5) is 0 Å². The van der Waals surface area contributed by atoms with Crippen molar-refractivity contribution in [2.45, 2.75) is 39.7 Å². The maximum Gasteiger partial charge on any atom is 0.358 e. The monoisotopic (exact) mass is 280 g/mol. The van der Waals surface area contributed by atoms with Gasteiger partial charge in [-0.05, 0) is 30.6 Å². The third-order valence-electron chi connectivity index (χ3n) is 3.52. The molecule has 0 atom stereocenters. The molecule has 110 valence electrons. The highest BCUT2D eigenvalue weighted by molar-refractivity contribution is 5.84. The number of carbonyl (C=O) groups is 2. The van der Waals surface area contributed by atoms with Crippen molar-refractivity contribution in [1.82, 2.24) is 20.3 Å². The van der Waals surface area contributed by atoms with Gasteiger partial charge in [-0.3, -0.25) is 4.79 Å². The Bertz CT molecular complexity index is 505. The number of aromatic nitrogens is 3. The summed E-state index contributed by atoms with van der Waals surface area (Å²) in [4.78, 5) is 22.5. The summed E-state index contributed by atoms with van der Waals surface area (Å²) in [5.41, 5.74) is 0.120. The van der Waals surface area contributed by atoms with Crippen LogP contribution in [0.2, 0.25) is 0 Å². The molecule has 1 aliphatic carbocycles. The third kappa shape index (κ3) is 3.79. The fourth-order valence-electron chi connectivity index (χ4n) is 2.46. The van der Waals surface area contributed by atoms with Gasteiger partial charge < -0.3 is 10.4 Å². The Morgan fingerprint density at radius 1 is 1.50 bits per heavy atom. The van der Waals surface area contributed by atoms with Gasteiger partial charge in [-0.2, -0.15) is 0 Å². The highest BCUT2D eigenvalue weighted by Gasteiger charge is 2.42. The summed E-state index contributed by atoms with van der Waals surface area (Å²) < 4.78 is 1.24. The topological polar surface area (TPSA) is 97.1 Å². The van der Waals surface area contributed by atoms with E-state index in [1.807, 2.05) is 0 Å². The van der Waals surface area contributed by atoms with Gasteiger partial charge in [-0.1, -0.05) is 19.1 Å². The third-order valence-corrected chi connectivity index (χ3v) is 3.52. The molecule has 7 nitrogen and oxygen atoms in total. The molecule has 1 aromatic heterocycles. The molecule has 0 spiro atoms. The second-order valence-corrected chi connectivity index (χ2v) is 5.98. The molecule has 20 heavy (non-hydrogen) atoms. The van der Waals surface area contributed by atoms with Crippen LogP contribution in [0.15, 0.2) is 6.20 Å². The van der Waals surface area contributed by atoms with E-state index in [0.29, 0.717) is 12.5 Å². The number of carbonyl (C=O) groups excluding carboxylic acids is 1. The Balaban J connectivity index is 1.79. The summed E-state index contributed by atoms with van der Waals surface area (Å²) in [6.45, 7) is 5.05. The van der Waals surface area contributed by atoms with E-state index in [4.69, 9.17) is 5.11 Å². The fraction of sp³-hybridized carbons (Fsp3) is 0.692. The first-order chi connectivity index (χ1) is 9.40. The molecule has 1 heterocycles. The van der Waals surface area contributed by atoms with E-state index in [9.17, 15) is 9.59 Å². The molecule has 1 amide bonds. The minimum absolute atomic E-state index is 0.00195. The molecule has 1 aromatic rings. The number of hydrogen-bond donors (Lipinski definition) is 2. The molecule has 0 aromatic carbocycles. The van der Waals surface area contributed by atoms with Gasteiger partial charge in [-0.15, -0.1) is 5.10 Å². The van der Waals surface area contributed by atoms with E-state index in [0.717, 1.165) is 19.3 Å². The number of aromatic carboxylic acids is 1. The van der Waals surface area contributed by atoms with Crippen LogP contribution >= 0.6 is 0 Å². The number of carboxylic acid groups (broad SMARTS) is 1. The molecular weight excluding hydrogens is 260 g/mol. The van der Waals surface area contributed by atoms with E-state index >= 15 is 0 Å². The van der Waals surface area contributed by atoms with Gasteiger partial charge in [-0.25, -0.2) is 9.48 Å². The molecule has 0 aliphatic heterocycles. The quantitative estimate of drug-likeness (QED) is 0.774. The van der Waals surface area contributed by atoms with Gasteiger partial charge in [0.05, 0.1) is 6.20 Å². The second kappa shape index (κ2) is 5.60. The largest absolute Gasteiger partial charge is 0.476 e. The van der Waals surface area contributed by atoms with E-state index in [1.165, 1.54) is 10.9 Å². The predicted molar refractivity (Wildman–Crippen MR) is 71.1 cm³/mol. The first-order valence-corrected chi connectivity index (χ1v) is 6.80. The highest BCUT2D eigenvalue weighted by Crippen LogP contribution is 2.49. The Morgan fingerprint density at radius 3 is 2.70 bits per heavy atom. The van der Waals surface area contributed by atoms with Crippen molar-refractivity contribution in [1.29, 1.82) is 0 Å². The molecule has 1 fully saturated rings. The lowest BCUT2D eigenvalue weighted by atomic mass is 9.94. The Labute approximate surface area is 117 Å². The van der Waals surface area contributed by atoms with Crippen LogP contribution in [0.3, 0.4) is 0 Å². The molecule has 2 rings (SSSR count). The summed E-state index contributed by atoms with van der Waals surface area (Å²) in [6.07, 6.45) is 4.71. The first kappa shape index (κ1) is 14.5. The number of hydrogen-bond acceptors (Lipinski definition) is 4. The van der Waals surface area contributed by atoms with Gasteiger partial charge in [0, 0.05) is 6.54 Å². The maximum absolute atomic E-state index is 11.8. The highest BCUT2D eigenvalue weighted by atomic mass is 16.4. The Morgan fingerprint density at radius 2 is 2.20 bits per heavy atom. The molecule has 0 unspecified atom stereocenters. The molecule has 1 saturated carbocycles. The number of carboxylic acids is 1. The second-order valence-electron chi connectivity index (χ2n) is 5.98. The van der Waals surface area contributed by atoms with Gasteiger partial charge >= 0.3 is 5.97 Å². The van der Waals surface area contributed by atoms with Crippen LogP contribution in [-0.2, 0) is 11.3 Å². The lowest BCUT2D eigenvalue weighted by molar-refractivity contribution is -0.122. The standard InChI is InChI=1S/C13H20N4O3/c1-9(2)5-13(3-4-13)8-14-11(18)7-17-6-10(12(19)20)15-16-17/h6,9H,3-5,7-8H2,1-2H3,(H,14,18)(H,19,20). The van der Waals surface area contributed by atoms with Crippen LogP contribution in [0.1, 0.15) is 43.6 Å². The predicted octanol–water partition coefficient (Wildman–Crippen LogP) is 0.919. The minimum atomic E-state index is -1.15. The molecule has 0 saturated heterocycles. The maximum atomic E-state index is 11.8. The van der Waals surface area contributed by atoms with Crippen molar-refractivity contribution in [3.05, 3.63) is 11.9 Å². The number of nitrogens with zero attached hydrogens (tertiary/aromatic N) is 3. The lowest BCUT2D eigenvalue weighted by Crippen LogP contribution is -2.33. The lowest BCUT2D eigenvalue weighted by Gasteiger charge is -2.18. The van der Waals surface area contributed by atoms with Crippen LogP contribution in [0.5, 0.6) is 0 Å². The first-order valence-electron chi connectivity index (χ1n) is 6.80. The van der Waals surface area contributed by atoms with Gasteiger partial charge in [0.15, 0.2) is 5.69 Å². The van der Waals surface area contributed by atoms with Crippen molar-refractivity contribution >= 4 is 11.9 Å². The zero-order valence-electron chi connectivity index (χ0n) is 11.8. The van der Waals surface area contributed by atoms with Crippen molar-refractivity contribution in [2.75, 3.05) is 6.54 Å². The molecule has 0 radical (unpaired) electrons. The average Bonchev–Trinajstić information content (AvgIpc) is 2.94. The van der Waals surface area contributed by atoms with E-state index in [2.05, 4.69) is 29.5 Å². The molecule has 2 N–H and O–H groups in total. The summed E-state index contributed by atoms with van der Waals surface area (Å²) >= 11 is 0. The van der Waals surface area contributed by atoms with Crippen LogP contribution in [0, 0.1) is 11.3 Å². The Hall–Kier alpha value is -1.92. The van der Waals surface area contributed by atoms with Crippen LogP contribution in [0.25, 0.3) is 0 Å². The van der Waals surface area contributed by atoms with Gasteiger partial charge in [0.25, 0.3) is 0 Å². The zero-order chi connectivity index (χ0) is 14.8. The van der Waals surface area contributed by atoms with E-state index < -0.39 is 5.97 Å². The smallest absolute Gasteiger partial charge is 0.358 e. The van der Waals surface area contributed by atoms with Crippen LogP contribution in [-0.4, -0.2) is 38.5 Å². The molecule has 7 heteroatoms. The number of rotatable bonds is 7. The summed E-state index contributed by atoms with van der Waals surface area (Å²) in [5, 5.41) is 18.7. The Kier molecular flexibility index (Phi) is 4.06. The minimum Gasteiger partial charge on any atom is -0.476 e. The molecule has 1 aliphatic rings. The van der Waals surface area contributed by atoms with E-state index in [-0.39, 0.29) is 23.6 Å². The van der Waals surface area contributed by atoms with Gasteiger partial charge in [0.2, 0.25) is 5.91 Å². The molecule has 0 bridgehead atoms. The summed E-state index contributed by atoms with van der Waals surface area (Å²) in [5.74, 6) is -0.685. The average molecular weight is 280 g/mol. The molecular formula is C13H20N4O3.